The first-order chi connectivity index (χ1) is 18.1. The third-order valence-corrected chi connectivity index (χ3v) is 8.02. The van der Waals surface area contributed by atoms with Crippen molar-refractivity contribution in [1.82, 2.24) is 30.4 Å². The van der Waals surface area contributed by atoms with Gasteiger partial charge in [0.1, 0.15) is 24.1 Å². The molecule has 2 aromatic heterocycles. The number of amides is 3. The van der Waals surface area contributed by atoms with E-state index < -0.39 is 29.9 Å². The summed E-state index contributed by atoms with van der Waals surface area (Å²) in [6, 6.07) is 4.79. The number of carbonyl (C=O) groups excluding carboxylic acids is 3. The molecule has 4 N–H and O–H groups in total. The zero-order valence-electron chi connectivity index (χ0n) is 21.8. The van der Waals surface area contributed by atoms with Gasteiger partial charge in [-0.3, -0.25) is 14.4 Å². The van der Waals surface area contributed by atoms with Crippen molar-refractivity contribution in [1.29, 1.82) is 0 Å². The van der Waals surface area contributed by atoms with Crippen molar-refractivity contribution in [2.24, 2.45) is 28.9 Å². The van der Waals surface area contributed by atoms with Crippen LogP contribution in [-0.4, -0.2) is 61.4 Å². The summed E-state index contributed by atoms with van der Waals surface area (Å²) in [4.78, 5) is 50.0. The Morgan fingerprint density at radius 1 is 1.11 bits per heavy atom. The summed E-state index contributed by atoms with van der Waals surface area (Å²) < 4.78 is 0. The van der Waals surface area contributed by atoms with E-state index in [1.807, 2.05) is 32.0 Å². The molecule has 38 heavy (non-hydrogen) atoms. The smallest absolute Gasteiger partial charge is 0.246 e. The Balaban J connectivity index is 1.43. The van der Waals surface area contributed by atoms with Crippen LogP contribution in [0.5, 0.6) is 0 Å². The maximum atomic E-state index is 13.9. The number of fused-ring (bicyclic) bond motifs is 2. The van der Waals surface area contributed by atoms with Crippen LogP contribution in [0.3, 0.4) is 0 Å². The molecule has 2 aliphatic rings. The molecule has 3 amide bonds. The maximum Gasteiger partial charge on any atom is 0.246 e. The van der Waals surface area contributed by atoms with E-state index in [2.05, 4.69) is 44.6 Å². The van der Waals surface area contributed by atoms with Crippen molar-refractivity contribution in [2.75, 3.05) is 11.9 Å². The lowest BCUT2D eigenvalue weighted by Crippen LogP contribution is -2.56. The van der Waals surface area contributed by atoms with Crippen LogP contribution in [0.4, 0.5) is 5.69 Å². The lowest BCUT2D eigenvalue weighted by molar-refractivity contribution is -0.142. The van der Waals surface area contributed by atoms with Crippen molar-refractivity contribution >= 4 is 34.2 Å². The molecule has 1 saturated carbocycles. The molecule has 1 saturated heterocycles. The van der Waals surface area contributed by atoms with Crippen molar-refractivity contribution in [3.05, 3.63) is 54.9 Å². The molecule has 2 fully saturated rings. The van der Waals surface area contributed by atoms with Gasteiger partial charge in [-0.2, -0.15) is 10.2 Å². The van der Waals surface area contributed by atoms with Gasteiger partial charge < -0.3 is 21.3 Å². The molecule has 1 aromatic carbocycles. The van der Waals surface area contributed by atoms with Gasteiger partial charge in [0.2, 0.25) is 17.7 Å². The first-order valence-electron chi connectivity index (χ1n) is 12.7. The molecule has 3 aromatic rings. The van der Waals surface area contributed by atoms with Crippen LogP contribution < -0.4 is 16.4 Å². The summed E-state index contributed by atoms with van der Waals surface area (Å²) in [5.74, 6) is -1.29. The second-order valence-electron chi connectivity index (χ2n) is 11.0. The summed E-state index contributed by atoms with van der Waals surface area (Å²) in [7, 11) is 0. The highest BCUT2D eigenvalue weighted by molar-refractivity contribution is 5.97. The highest BCUT2D eigenvalue weighted by Crippen LogP contribution is 2.65. The van der Waals surface area contributed by atoms with Crippen LogP contribution in [0.15, 0.2) is 49.2 Å². The van der Waals surface area contributed by atoms with E-state index in [-0.39, 0.29) is 34.8 Å². The molecule has 1 aliphatic carbocycles. The molecule has 0 spiro atoms. The molecule has 11 heteroatoms. The van der Waals surface area contributed by atoms with Crippen molar-refractivity contribution in [3.8, 4) is 0 Å². The van der Waals surface area contributed by atoms with Gasteiger partial charge in [0.25, 0.3) is 0 Å². The van der Waals surface area contributed by atoms with E-state index >= 15 is 0 Å². The number of aromatic nitrogens is 4. The van der Waals surface area contributed by atoms with E-state index in [0.717, 1.165) is 5.39 Å². The molecule has 5 rings (SSSR count). The molecule has 3 heterocycles. The van der Waals surface area contributed by atoms with Crippen LogP contribution >= 0.6 is 0 Å². The minimum atomic E-state index is -1.19. The fourth-order valence-electron chi connectivity index (χ4n) is 5.82. The zero-order chi connectivity index (χ0) is 27.2. The van der Waals surface area contributed by atoms with Crippen LogP contribution in [0.25, 0.3) is 10.8 Å². The fraction of sp³-hybridized carbons (Fsp3) is 0.444. The zero-order valence-corrected chi connectivity index (χ0v) is 21.8. The summed E-state index contributed by atoms with van der Waals surface area (Å²) in [6.07, 6.45) is 6.22. The lowest BCUT2D eigenvalue weighted by Gasteiger charge is -2.35. The minimum Gasteiger partial charge on any atom is -0.371 e. The average molecular weight is 517 g/mol. The number of hydrogen-bond acceptors (Lipinski definition) is 8. The van der Waals surface area contributed by atoms with Crippen molar-refractivity contribution < 1.29 is 14.4 Å². The summed E-state index contributed by atoms with van der Waals surface area (Å²) in [5, 5.41) is 15.6. The Labute approximate surface area is 220 Å². The average Bonchev–Trinajstić information content (AvgIpc) is 3.22. The molecule has 0 radical (unpaired) electrons. The van der Waals surface area contributed by atoms with Crippen LogP contribution in [-0.2, 0) is 14.4 Å². The van der Waals surface area contributed by atoms with Gasteiger partial charge in [0.05, 0.1) is 24.3 Å². The SMILES string of the molecule is CC(C)[C@H](Nc1cncnc1)C(=O)N1C[C@H]2[C@@H]([C@H]1C(=O)NC(C(N)=O)c1nncc3ccccc13)C2(C)C. The van der Waals surface area contributed by atoms with E-state index in [4.69, 9.17) is 5.73 Å². The Hall–Kier alpha value is -4.15. The van der Waals surface area contributed by atoms with Gasteiger partial charge in [0.15, 0.2) is 6.04 Å². The molecule has 1 aliphatic heterocycles. The first-order valence-corrected chi connectivity index (χ1v) is 12.7. The van der Waals surface area contributed by atoms with Gasteiger partial charge >= 0.3 is 0 Å². The van der Waals surface area contributed by atoms with Gasteiger partial charge in [0, 0.05) is 17.3 Å². The fourth-order valence-corrected chi connectivity index (χ4v) is 5.82. The predicted molar refractivity (Wildman–Crippen MR) is 140 cm³/mol. The molecular weight excluding hydrogens is 484 g/mol. The lowest BCUT2D eigenvalue weighted by atomic mass is 9.96. The maximum absolute atomic E-state index is 13.9. The normalized spacial score (nSPS) is 23.0. The molecular formula is C27H32N8O3. The van der Waals surface area contributed by atoms with E-state index in [1.54, 1.807) is 29.6 Å². The molecule has 1 unspecified atom stereocenters. The number of benzene rings is 1. The molecule has 11 nitrogen and oxygen atoms in total. The predicted octanol–water partition coefficient (Wildman–Crippen LogP) is 1.68. The number of nitrogens with zero attached hydrogens (tertiary/aromatic N) is 5. The van der Waals surface area contributed by atoms with Crippen molar-refractivity contribution in [2.45, 2.75) is 45.8 Å². The third kappa shape index (κ3) is 4.42. The second kappa shape index (κ2) is 9.62. The van der Waals surface area contributed by atoms with E-state index in [9.17, 15) is 14.4 Å². The third-order valence-electron chi connectivity index (χ3n) is 8.02. The van der Waals surface area contributed by atoms with Gasteiger partial charge in [-0.05, 0) is 23.2 Å². The number of rotatable bonds is 8. The molecule has 5 atom stereocenters. The van der Waals surface area contributed by atoms with Gasteiger partial charge in [-0.15, -0.1) is 0 Å². The van der Waals surface area contributed by atoms with Crippen LogP contribution in [0.2, 0.25) is 0 Å². The summed E-state index contributed by atoms with van der Waals surface area (Å²) in [5.41, 5.74) is 6.54. The summed E-state index contributed by atoms with van der Waals surface area (Å²) >= 11 is 0. The number of piperidine rings is 1. The largest absolute Gasteiger partial charge is 0.371 e. The number of nitrogens with two attached hydrogens (primary N) is 1. The van der Waals surface area contributed by atoms with Crippen LogP contribution in [0, 0.1) is 23.2 Å². The van der Waals surface area contributed by atoms with E-state index in [1.165, 1.54) is 6.33 Å². The number of nitrogens with one attached hydrogen (secondary N) is 2. The Bertz CT molecular complexity index is 1370. The van der Waals surface area contributed by atoms with Crippen molar-refractivity contribution in [3.63, 3.8) is 0 Å². The van der Waals surface area contributed by atoms with Gasteiger partial charge in [-0.1, -0.05) is 52.0 Å². The number of primary amides is 1. The minimum absolute atomic E-state index is 0.0357. The van der Waals surface area contributed by atoms with Gasteiger partial charge in [-0.25, -0.2) is 9.97 Å². The standard InChI is InChI=1S/C27H32N8O3/c1-14(2)20(32-16-10-29-13-30-11-16)26(38)35-12-18-19(27(18,3)4)23(35)25(37)33-22(24(28)36)21-17-8-6-5-7-15(17)9-31-34-21/h5-11,13-14,18-20,22-23,32H,12H2,1-4H3,(H2,28,36)(H,33,37)/t18-,19-,20-,22?,23-/m0/s1. The van der Waals surface area contributed by atoms with Crippen LogP contribution in [0.1, 0.15) is 39.4 Å². The Morgan fingerprint density at radius 2 is 1.82 bits per heavy atom. The second-order valence-corrected chi connectivity index (χ2v) is 11.0. The topological polar surface area (TPSA) is 156 Å². The number of likely N-dealkylation sites (tertiary alicyclic amines) is 1. The number of carbonyl (C=O) groups is 3. The highest BCUT2D eigenvalue weighted by Gasteiger charge is 2.69. The number of anilines is 1. The number of hydrogen-bond donors (Lipinski definition) is 3. The Kier molecular flexibility index (Phi) is 6.46. The monoisotopic (exact) mass is 516 g/mol. The first kappa shape index (κ1) is 25.5. The van der Waals surface area contributed by atoms with E-state index in [0.29, 0.717) is 17.6 Å². The summed E-state index contributed by atoms with van der Waals surface area (Å²) in [6.45, 7) is 8.55. The Morgan fingerprint density at radius 3 is 2.50 bits per heavy atom. The quantitative estimate of drug-likeness (QED) is 0.408. The molecule has 198 valence electrons. The highest BCUT2D eigenvalue weighted by atomic mass is 16.2. The molecule has 0 bridgehead atoms.